The van der Waals surface area contributed by atoms with Gasteiger partial charge in [0, 0.05) is 32.3 Å². The molecule has 0 unspecified atom stereocenters. The lowest BCUT2D eigenvalue weighted by Crippen LogP contribution is -2.46. The van der Waals surface area contributed by atoms with Crippen molar-refractivity contribution in [3.8, 4) is 0 Å². The molecule has 2 amide bonds. The summed E-state index contributed by atoms with van der Waals surface area (Å²) in [4.78, 5) is 16.9. The smallest absolute Gasteiger partial charge is 0.317 e. The first kappa shape index (κ1) is 16.6. The van der Waals surface area contributed by atoms with E-state index in [-0.39, 0.29) is 17.7 Å². The van der Waals surface area contributed by atoms with Crippen LogP contribution in [-0.2, 0) is 4.74 Å². The average Bonchev–Trinajstić information content (AvgIpc) is 3.08. The number of nitrogens with one attached hydrogen (secondary N) is 1. The van der Waals surface area contributed by atoms with Gasteiger partial charge in [0.15, 0.2) is 0 Å². The van der Waals surface area contributed by atoms with E-state index >= 15 is 0 Å². The highest BCUT2D eigenvalue weighted by atomic mass is 16.5. The molecular formula is C16H31N3O2. The molecule has 2 heterocycles. The first-order valence-electron chi connectivity index (χ1n) is 8.26. The molecule has 2 aliphatic heterocycles. The molecule has 0 aromatic heterocycles. The number of likely N-dealkylation sites (tertiary alicyclic amines) is 2. The molecule has 5 nitrogen and oxygen atoms in total. The van der Waals surface area contributed by atoms with Crippen LogP contribution in [-0.4, -0.2) is 66.8 Å². The van der Waals surface area contributed by atoms with Crippen LogP contribution in [0.3, 0.4) is 0 Å². The monoisotopic (exact) mass is 297 g/mol. The predicted octanol–water partition coefficient (Wildman–Crippen LogP) is 2.07. The Morgan fingerprint density at radius 2 is 2.00 bits per heavy atom. The van der Waals surface area contributed by atoms with E-state index in [0.717, 1.165) is 25.9 Å². The fraction of sp³-hybridized carbons (Fsp3) is 0.938. The number of carbonyl (C=O) groups is 1. The summed E-state index contributed by atoms with van der Waals surface area (Å²) < 4.78 is 5.43. The Morgan fingerprint density at radius 3 is 2.62 bits per heavy atom. The van der Waals surface area contributed by atoms with Crippen molar-refractivity contribution in [3.63, 3.8) is 0 Å². The first-order valence-corrected chi connectivity index (χ1v) is 8.26. The van der Waals surface area contributed by atoms with Gasteiger partial charge in [0.05, 0.1) is 5.60 Å². The highest BCUT2D eigenvalue weighted by molar-refractivity contribution is 5.74. The summed E-state index contributed by atoms with van der Waals surface area (Å²) in [6.07, 6.45) is 4.56. The Hall–Kier alpha value is -0.810. The second-order valence-corrected chi connectivity index (χ2v) is 7.15. The fourth-order valence-corrected chi connectivity index (χ4v) is 3.50. The maximum atomic E-state index is 12.3. The third-order valence-corrected chi connectivity index (χ3v) is 4.83. The van der Waals surface area contributed by atoms with E-state index in [0.29, 0.717) is 6.04 Å². The van der Waals surface area contributed by atoms with E-state index in [1.54, 1.807) is 7.11 Å². The number of carbonyl (C=O) groups excluding carboxylic acids is 1. The molecular weight excluding hydrogens is 266 g/mol. The van der Waals surface area contributed by atoms with Crippen LogP contribution in [0.1, 0.15) is 46.5 Å². The number of ether oxygens (including phenoxy) is 1. The first-order chi connectivity index (χ1) is 9.91. The highest BCUT2D eigenvalue weighted by Gasteiger charge is 2.32. The van der Waals surface area contributed by atoms with Crippen molar-refractivity contribution in [2.75, 3.05) is 33.3 Å². The number of methoxy groups -OCH3 is 1. The number of rotatable bonds is 5. The van der Waals surface area contributed by atoms with Crippen LogP contribution in [0.15, 0.2) is 0 Å². The minimum Gasteiger partial charge on any atom is -0.379 e. The van der Waals surface area contributed by atoms with Gasteiger partial charge in [-0.1, -0.05) is 0 Å². The molecule has 21 heavy (non-hydrogen) atoms. The second kappa shape index (κ2) is 6.97. The van der Waals surface area contributed by atoms with Gasteiger partial charge in [-0.15, -0.1) is 0 Å². The molecule has 2 atom stereocenters. The fourth-order valence-electron chi connectivity index (χ4n) is 3.50. The summed E-state index contributed by atoms with van der Waals surface area (Å²) >= 11 is 0. The molecule has 122 valence electrons. The van der Waals surface area contributed by atoms with Gasteiger partial charge in [-0.25, -0.2) is 4.79 Å². The quantitative estimate of drug-likeness (QED) is 0.845. The van der Waals surface area contributed by atoms with Gasteiger partial charge in [0.25, 0.3) is 0 Å². The van der Waals surface area contributed by atoms with Crippen LogP contribution in [0.4, 0.5) is 4.79 Å². The number of amides is 2. The number of urea groups is 1. The third kappa shape index (κ3) is 4.58. The van der Waals surface area contributed by atoms with Crippen LogP contribution in [0.2, 0.25) is 0 Å². The molecule has 0 radical (unpaired) electrons. The van der Waals surface area contributed by atoms with Crippen molar-refractivity contribution >= 4 is 6.03 Å². The topological polar surface area (TPSA) is 44.8 Å². The molecule has 0 spiro atoms. The molecule has 2 saturated heterocycles. The molecule has 0 aromatic rings. The minimum atomic E-state index is -0.199. The molecule has 2 rings (SSSR count). The molecule has 0 aromatic carbocycles. The van der Waals surface area contributed by atoms with E-state index in [9.17, 15) is 4.79 Å². The molecule has 1 N–H and O–H groups in total. The van der Waals surface area contributed by atoms with Gasteiger partial charge >= 0.3 is 6.03 Å². The molecule has 5 heteroatoms. The van der Waals surface area contributed by atoms with E-state index in [1.807, 2.05) is 11.8 Å². The SMILES string of the molecule is COC(C)(C)C[C@H](C)NC(=O)N1CC[C@@H](N2CCCC2)C1. The maximum absolute atomic E-state index is 12.3. The summed E-state index contributed by atoms with van der Waals surface area (Å²) in [5.74, 6) is 0. The van der Waals surface area contributed by atoms with Crippen molar-refractivity contribution in [2.24, 2.45) is 0 Å². The van der Waals surface area contributed by atoms with Crippen LogP contribution in [0.25, 0.3) is 0 Å². The summed E-state index contributed by atoms with van der Waals surface area (Å²) in [7, 11) is 1.72. The minimum absolute atomic E-state index is 0.0797. The van der Waals surface area contributed by atoms with E-state index in [4.69, 9.17) is 4.74 Å². The lowest BCUT2D eigenvalue weighted by Gasteiger charge is -2.29. The highest BCUT2D eigenvalue weighted by Crippen LogP contribution is 2.21. The zero-order valence-corrected chi connectivity index (χ0v) is 14.0. The maximum Gasteiger partial charge on any atom is 0.317 e. The average molecular weight is 297 g/mol. The number of nitrogens with zero attached hydrogens (tertiary/aromatic N) is 2. The predicted molar refractivity (Wildman–Crippen MR) is 84.5 cm³/mol. The zero-order valence-electron chi connectivity index (χ0n) is 14.0. The van der Waals surface area contributed by atoms with Crippen molar-refractivity contribution in [1.29, 1.82) is 0 Å². The van der Waals surface area contributed by atoms with Gasteiger partial charge in [-0.2, -0.15) is 0 Å². The van der Waals surface area contributed by atoms with Gasteiger partial charge in [0.1, 0.15) is 0 Å². The normalized spacial score (nSPS) is 25.3. The Bertz CT molecular complexity index is 353. The van der Waals surface area contributed by atoms with Crippen LogP contribution >= 0.6 is 0 Å². The van der Waals surface area contributed by atoms with Crippen molar-refractivity contribution in [1.82, 2.24) is 15.1 Å². The third-order valence-electron chi connectivity index (χ3n) is 4.83. The number of hydrogen-bond acceptors (Lipinski definition) is 3. The zero-order chi connectivity index (χ0) is 15.5. The summed E-state index contributed by atoms with van der Waals surface area (Å²) in [6, 6.07) is 0.776. The van der Waals surface area contributed by atoms with Crippen molar-refractivity contribution in [3.05, 3.63) is 0 Å². The molecule has 0 aliphatic carbocycles. The van der Waals surface area contributed by atoms with Gasteiger partial charge < -0.3 is 15.0 Å². The summed E-state index contributed by atoms with van der Waals surface area (Å²) in [6.45, 7) is 10.3. The van der Waals surface area contributed by atoms with Gasteiger partial charge in [0.2, 0.25) is 0 Å². The van der Waals surface area contributed by atoms with Crippen molar-refractivity contribution < 1.29 is 9.53 Å². The second-order valence-electron chi connectivity index (χ2n) is 7.15. The summed E-state index contributed by atoms with van der Waals surface area (Å²) in [5.41, 5.74) is -0.199. The van der Waals surface area contributed by atoms with Gasteiger partial charge in [-0.05, 0) is 59.5 Å². The van der Waals surface area contributed by atoms with Crippen LogP contribution < -0.4 is 5.32 Å². The van der Waals surface area contributed by atoms with Crippen molar-refractivity contribution in [2.45, 2.75) is 64.1 Å². The Labute approximate surface area is 129 Å². The summed E-state index contributed by atoms with van der Waals surface area (Å²) in [5, 5.41) is 3.11. The van der Waals surface area contributed by atoms with Crippen LogP contribution in [0, 0.1) is 0 Å². The van der Waals surface area contributed by atoms with E-state index in [1.165, 1.54) is 25.9 Å². The largest absolute Gasteiger partial charge is 0.379 e. The lowest BCUT2D eigenvalue weighted by molar-refractivity contribution is 0.00919. The van der Waals surface area contributed by atoms with Gasteiger partial charge in [-0.3, -0.25) is 4.90 Å². The molecule has 2 aliphatic rings. The lowest BCUT2D eigenvalue weighted by atomic mass is 10.00. The molecule has 0 saturated carbocycles. The Kier molecular flexibility index (Phi) is 5.49. The van der Waals surface area contributed by atoms with E-state index in [2.05, 4.69) is 24.1 Å². The Balaban J connectivity index is 1.76. The van der Waals surface area contributed by atoms with Crippen LogP contribution in [0.5, 0.6) is 0 Å². The molecule has 2 fully saturated rings. The standard InChI is InChI=1S/C16H31N3O2/c1-13(11-16(2,3)21-4)17-15(20)19-10-7-14(12-19)18-8-5-6-9-18/h13-14H,5-12H2,1-4H3,(H,17,20)/t13-,14+/m0/s1. The number of hydrogen-bond donors (Lipinski definition) is 1. The molecule has 0 bridgehead atoms. The Morgan fingerprint density at radius 1 is 1.33 bits per heavy atom. The van der Waals surface area contributed by atoms with E-state index < -0.39 is 0 Å².